The lowest BCUT2D eigenvalue weighted by molar-refractivity contribution is -0.138. The van der Waals surface area contributed by atoms with E-state index in [0.29, 0.717) is 6.54 Å². The molecule has 0 radical (unpaired) electrons. The molecule has 2 unspecified atom stereocenters. The van der Waals surface area contributed by atoms with Crippen molar-refractivity contribution in [2.45, 2.75) is 38.6 Å². The average molecular weight is 290 g/mol. The number of carbonyl (C=O) groups is 2. The SMILES string of the molecule is CC(=O)NC1CCCN(C(=O)C2CCCNC2)C1.Cl. The van der Waals surface area contributed by atoms with Gasteiger partial charge in [0.25, 0.3) is 0 Å². The van der Waals surface area contributed by atoms with Crippen LogP contribution in [-0.4, -0.2) is 48.9 Å². The van der Waals surface area contributed by atoms with Crippen molar-refractivity contribution in [1.82, 2.24) is 15.5 Å². The van der Waals surface area contributed by atoms with E-state index in [1.807, 2.05) is 4.90 Å². The summed E-state index contributed by atoms with van der Waals surface area (Å²) in [6.07, 6.45) is 4.04. The minimum atomic E-state index is -0.00590. The molecule has 0 aromatic heterocycles. The van der Waals surface area contributed by atoms with Crippen molar-refractivity contribution < 1.29 is 9.59 Å². The maximum Gasteiger partial charge on any atom is 0.227 e. The number of nitrogens with one attached hydrogen (secondary N) is 2. The van der Waals surface area contributed by atoms with E-state index in [-0.39, 0.29) is 36.2 Å². The van der Waals surface area contributed by atoms with Crippen LogP contribution >= 0.6 is 12.4 Å². The number of halogens is 1. The molecular weight excluding hydrogens is 266 g/mol. The molecule has 0 spiro atoms. The highest BCUT2D eigenvalue weighted by Crippen LogP contribution is 2.17. The molecule has 0 saturated carbocycles. The van der Waals surface area contributed by atoms with E-state index in [9.17, 15) is 9.59 Å². The van der Waals surface area contributed by atoms with Crippen LogP contribution in [0.5, 0.6) is 0 Å². The number of carbonyl (C=O) groups excluding carboxylic acids is 2. The third-order valence-electron chi connectivity index (χ3n) is 3.79. The van der Waals surface area contributed by atoms with Gasteiger partial charge in [-0.3, -0.25) is 9.59 Å². The highest BCUT2D eigenvalue weighted by atomic mass is 35.5. The van der Waals surface area contributed by atoms with E-state index in [1.54, 1.807) is 0 Å². The Morgan fingerprint density at radius 3 is 2.68 bits per heavy atom. The van der Waals surface area contributed by atoms with Crippen LogP contribution in [0.15, 0.2) is 0 Å². The predicted molar refractivity (Wildman–Crippen MR) is 76.3 cm³/mol. The number of rotatable bonds is 2. The van der Waals surface area contributed by atoms with Gasteiger partial charge in [-0.2, -0.15) is 0 Å². The quantitative estimate of drug-likeness (QED) is 0.780. The van der Waals surface area contributed by atoms with Crippen LogP contribution in [0.2, 0.25) is 0 Å². The minimum Gasteiger partial charge on any atom is -0.352 e. The molecule has 2 aliphatic rings. The first kappa shape index (κ1) is 16.2. The first-order chi connectivity index (χ1) is 8.66. The zero-order valence-electron chi connectivity index (χ0n) is 11.5. The molecule has 110 valence electrons. The van der Waals surface area contributed by atoms with Crippen molar-refractivity contribution >= 4 is 24.2 Å². The molecule has 0 aromatic carbocycles. The molecule has 6 heteroatoms. The molecule has 19 heavy (non-hydrogen) atoms. The molecule has 2 amide bonds. The van der Waals surface area contributed by atoms with Crippen LogP contribution in [0.4, 0.5) is 0 Å². The number of piperidine rings is 2. The molecule has 2 atom stereocenters. The molecule has 0 bridgehead atoms. The van der Waals surface area contributed by atoms with Gasteiger partial charge in [-0.25, -0.2) is 0 Å². The minimum absolute atomic E-state index is 0. The van der Waals surface area contributed by atoms with Crippen molar-refractivity contribution in [1.29, 1.82) is 0 Å². The smallest absolute Gasteiger partial charge is 0.227 e. The summed E-state index contributed by atoms with van der Waals surface area (Å²) in [5.41, 5.74) is 0. The van der Waals surface area contributed by atoms with Gasteiger partial charge in [-0.1, -0.05) is 0 Å². The van der Waals surface area contributed by atoms with Gasteiger partial charge in [0, 0.05) is 32.6 Å². The number of nitrogens with zero attached hydrogens (tertiary/aromatic N) is 1. The maximum absolute atomic E-state index is 12.4. The van der Waals surface area contributed by atoms with E-state index in [0.717, 1.165) is 45.3 Å². The van der Waals surface area contributed by atoms with E-state index in [1.165, 1.54) is 6.92 Å². The first-order valence-electron chi connectivity index (χ1n) is 6.93. The van der Waals surface area contributed by atoms with Gasteiger partial charge < -0.3 is 15.5 Å². The lowest BCUT2D eigenvalue weighted by atomic mass is 9.96. The topological polar surface area (TPSA) is 61.4 Å². The van der Waals surface area contributed by atoms with Crippen LogP contribution in [0.1, 0.15) is 32.6 Å². The molecule has 2 saturated heterocycles. The highest BCUT2D eigenvalue weighted by Gasteiger charge is 2.29. The Morgan fingerprint density at radius 1 is 1.26 bits per heavy atom. The third kappa shape index (κ3) is 4.66. The molecule has 2 fully saturated rings. The van der Waals surface area contributed by atoms with Gasteiger partial charge in [-0.05, 0) is 32.2 Å². The first-order valence-corrected chi connectivity index (χ1v) is 6.93. The number of hydrogen-bond donors (Lipinski definition) is 2. The van der Waals surface area contributed by atoms with Gasteiger partial charge in [0.05, 0.1) is 5.92 Å². The number of likely N-dealkylation sites (tertiary alicyclic amines) is 1. The Morgan fingerprint density at radius 2 is 2.05 bits per heavy atom. The van der Waals surface area contributed by atoms with Gasteiger partial charge in [0.15, 0.2) is 0 Å². The van der Waals surface area contributed by atoms with E-state index in [2.05, 4.69) is 10.6 Å². The van der Waals surface area contributed by atoms with Crippen LogP contribution in [0, 0.1) is 5.92 Å². The summed E-state index contributed by atoms with van der Waals surface area (Å²) in [7, 11) is 0. The van der Waals surface area contributed by atoms with Crippen LogP contribution in [-0.2, 0) is 9.59 Å². The van der Waals surface area contributed by atoms with E-state index >= 15 is 0 Å². The molecule has 0 aromatic rings. The Hall–Kier alpha value is -0.810. The summed E-state index contributed by atoms with van der Waals surface area (Å²) in [5, 5.41) is 6.20. The van der Waals surface area contributed by atoms with Crippen LogP contribution in [0.3, 0.4) is 0 Å². The summed E-state index contributed by atoms with van der Waals surface area (Å²) in [6.45, 7) is 4.88. The predicted octanol–water partition coefficient (Wildman–Crippen LogP) is 0.535. The summed E-state index contributed by atoms with van der Waals surface area (Å²) >= 11 is 0. The van der Waals surface area contributed by atoms with Crippen molar-refractivity contribution in [3.05, 3.63) is 0 Å². The molecule has 0 aliphatic carbocycles. The molecule has 5 nitrogen and oxygen atoms in total. The standard InChI is InChI=1S/C13H23N3O2.ClH/c1-10(17)15-12-5-3-7-16(9-12)13(18)11-4-2-6-14-8-11;/h11-12,14H,2-9H2,1H3,(H,15,17);1H. The Labute approximate surface area is 120 Å². The van der Waals surface area contributed by atoms with Crippen molar-refractivity contribution in [2.75, 3.05) is 26.2 Å². The largest absolute Gasteiger partial charge is 0.352 e. The zero-order chi connectivity index (χ0) is 13.0. The second-order valence-corrected chi connectivity index (χ2v) is 5.37. The summed E-state index contributed by atoms with van der Waals surface area (Å²) in [6, 6.07) is 0.136. The normalized spacial score (nSPS) is 27.3. The molecule has 2 heterocycles. The fourth-order valence-corrected chi connectivity index (χ4v) is 2.90. The van der Waals surface area contributed by atoms with Gasteiger partial charge in [0.1, 0.15) is 0 Å². The lowest BCUT2D eigenvalue weighted by Crippen LogP contribution is -2.52. The van der Waals surface area contributed by atoms with Crippen LogP contribution < -0.4 is 10.6 Å². The summed E-state index contributed by atoms with van der Waals surface area (Å²) in [5.74, 6) is 0.390. The van der Waals surface area contributed by atoms with Gasteiger partial charge in [0.2, 0.25) is 11.8 Å². The Bertz CT molecular complexity index is 319. The second kappa shape index (κ2) is 7.70. The van der Waals surface area contributed by atoms with Gasteiger partial charge in [-0.15, -0.1) is 12.4 Å². The second-order valence-electron chi connectivity index (χ2n) is 5.37. The fourth-order valence-electron chi connectivity index (χ4n) is 2.90. The fraction of sp³-hybridized carbons (Fsp3) is 0.846. The third-order valence-corrected chi connectivity index (χ3v) is 3.79. The molecule has 2 N–H and O–H groups in total. The summed E-state index contributed by atoms with van der Waals surface area (Å²) in [4.78, 5) is 25.4. The highest BCUT2D eigenvalue weighted by molar-refractivity contribution is 5.85. The average Bonchev–Trinajstić information content (AvgIpc) is 2.38. The lowest BCUT2D eigenvalue weighted by Gasteiger charge is -2.36. The zero-order valence-corrected chi connectivity index (χ0v) is 12.3. The van der Waals surface area contributed by atoms with Crippen molar-refractivity contribution in [2.24, 2.45) is 5.92 Å². The van der Waals surface area contributed by atoms with Crippen molar-refractivity contribution in [3.63, 3.8) is 0 Å². The van der Waals surface area contributed by atoms with E-state index < -0.39 is 0 Å². The molecular formula is C13H24ClN3O2. The monoisotopic (exact) mass is 289 g/mol. The maximum atomic E-state index is 12.4. The number of amides is 2. The summed E-state index contributed by atoms with van der Waals surface area (Å²) < 4.78 is 0. The van der Waals surface area contributed by atoms with Crippen molar-refractivity contribution in [3.8, 4) is 0 Å². The van der Waals surface area contributed by atoms with Gasteiger partial charge >= 0.3 is 0 Å². The van der Waals surface area contributed by atoms with E-state index in [4.69, 9.17) is 0 Å². The Kier molecular flexibility index (Phi) is 6.58. The van der Waals surface area contributed by atoms with Crippen LogP contribution in [0.25, 0.3) is 0 Å². The number of hydrogen-bond acceptors (Lipinski definition) is 3. The molecule has 2 rings (SSSR count). The molecule has 2 aliphatic heterocycles. The Balaban J connectivity index is 0.00000180.